The normalized spacial score (nSPS) is 16.8. The van der Waals surface area contributed by atoms with Crippen molar-refractivity contribution in [3.05, 3.63) is 29.6 Å². The van der Waals surface area contributed by atoms with E-state index in [4.69, 9.17) is 4.98 Å². The first-order chi connectivity index (χ1) is 9.15. The van der Waals surface area contributed by atoms with Crippen LogP contribution >= 0.6 is 0 Å². The van der Waals surface area contributed by atoms with E-state index in [0.29, 0.717) is 6.04 Å². The number of rotatable bonds is 3. The summed E-state index contributed by atoms with van der Waals surface area (Å²) in [5.74, 6) is 2.15. The molecule has 0 aliphatic heterocycles. The van der Waals surface area contributed by atoms with Crippen molar-refractivity contribution in [2.75, 3.05) is 0 Å². The largest absolute Gasteiger partial charge is 0.325 e. The number of fused-ring (bicyclic) bond motifs is 1. The molecule has 1 aromatic heterocycles. The van der Waals surface area contributed by atoms with Crippen LogP contribution in [0, 0.1) is 12.8 Å². The van der Waals surface area contributed by atoms with E-state index in [-0.39, 0.29) is 0 Å². The van der Waals surface area contributed by atoms with Crippen LogP contribution in [0.25, 0.3) is 11.0 Å². The zero-order chi connectivity index (χ0) is 13.4. The SMILES string of the molecule is Cc1ccc2c(c1)nc(CC1CCCC1)n2C(C)C. The summed E-state index contributed by atoms with van der Waals surface area (Å²) >= 11 is 0. The first kappa shape index (κ1) is 12.7. The van der Waals surface area contributed by atoms with E-state index in [0.717, 1.165) is 12.3 Å². The monoisotopic (exact) mass is 256 g/mol. The molecule has 1 heterocycles. The van der Waals surface area contributed by atoms with Gasteiger partial charge in [-0.15, -0.1) is 0 Å². The Kier molecular flexibility index (Phi) is 3.34. The standard InChI is InChI=1S/C17H24N2/c1-12(2)19-16-9-8-13(3)10-15(16)18-17(19)11-14-6-4-5-7-14/h8-10,12,14H,4-7,11H2,1-3H3. The molecule has 19 heavy (non-hydrogen) atoms. The van der Waals surface area contributed by atoms with Gasteiger partial charge >= 0.3 is 0 Å². The molecule has 2 nitrogen and oxygen atoms in total. The van der Waals surface area contributed by atoms with Crippen LogP contribution < -0.4 is 0 Å². The van der Waals surface area contributed by atoms with E-state index in [1.807, 2.05) is 0 Å². The molecule has 2 aromatic rings. The van der Waals surface area contributed by atoms with Gasteiger partial charge in [0, 0.05) is 12.5 Å². The average Bonchev–Trinajstić information content (AvgIpc) is 2.95. The molecule has 0 spiro atoms. The third kappa shape index (κ3) is 2.41. The van der Waals surface area contributed by atoms with Gasteiger partial charge in [0.2, 0.25) is 0 Å². The minimum absolute atomic E-state index is 0.490. The maximum absolute atomic E-state index is 4.92. The second-order valence-corrected chi connectivity index (χ2v) is 6.34. The highest BCUT2D eigenvalue weighted by Gasteiger charge is 2.20. The van der Waals surface area contributed by atoms with Crippen molar-refractivity contribution in [3.63, 3.8) is 0 Å². The first-order valence-electron chi connectivity index (χ1n) is 7.62. The third-order valence-electron chi connectivity index (χ3n) is 4.38. The molecule has 3 rings (SSSR count). The lowest BCUT2D eigenvalue weighted by molar-refractivity contribution is 0.495. The van der Waals surface area contributed by atoms with Crippen molar-refractivity contribution in [1.29, 1.82) is 0 Å². The molecule has 0 amide bonds. The second kappa shape index (κ2) is 4.99. The molecule has 1 fully saturated rings. The zero-order valence-electron chi connectivity index (χ0n) is 12.3. The van der Waals surface area contributed by atoms with Crippen LogP contribution in [0.5, 0.6) is 0 Å². The number of imidazole rings is 1. The molecule has 1 aliphatic rings. The molecule has 2 heteroatoms. The Hall–Kier alpha value is -1.31. The number of hydrogen-bond acceptors (Lipinski definition) is 1. The van der Waals surface area contributed by atoms with Crippen LogP contribution in [-0.4, -0.2) is 9.55 Å². The maximum atomic E-state index is 4.92. The molecule has 0 N–H and O–H groups in total. The first-order valence-corrected chi connectivity index (χ1v) is 7.62. The molecular formula is C17H24N2. The van der Waals surface area contributed by atoms with Crippen LogP contribution in [0.15, 0.2) is 18.2 Å². The molecule has 1 aromatic carbocycles. The fraction of sp³-hybridized carbons (Fsp3) is 0.588. The minimum atomic E-state index is 0.490. The minimum Gasteiger partial charge on any atom is -0.325 e. The van der Waals surface area contributed by atoms with Crippen molar-refractivity contribution >= 4 is 11.0 Å². The highest BCUT2D eigenvalue weighted by Crippen LogP contribution is 2.30. The lowest BCUT2D eigenvalue weighted by Gasteiger charge is -2.15. The van der Waals surface area contributed by atoms with Gasteiger partial charge in [0.25, 0.3) is 0 Å². The van der Waals surface area contributed by atoms with Gasteiger partial charge in [-0.25, -0.2) is 4.98 Å². The average molecular weight is 256 g/mol. The third-order valence-corrected chi connectivity index (χ3v) is 4.38. The summed E-state index contributed by atoms with van der Waals surface area (Å²) in [5.41, 5.74) is 3.77. The van der Waals surface area contributed by atoms with E-state index in [2.05, 4.69) is 43.5 Å². The van der Waals surface area contributed by atoms with Crippen molar-refractivity contribution in [2.24, 2.45) is 5.92 Å². The lowest BCUT2D eigenvalue weighted by atomic mass is 10.0. The summed E-state index contributed by atoms with van der Waals surface area (Å²) in [6.45, 7) is 6.67. The molecule has 1 saturated carbocycles. The highest BCUT2D eigenvalue weighted by atomic mass is 15.1. The number of hydrogen-bond donors (Lipinski definition) is 0. The quantitative estimate of drug-likeness (QED) is 0.781. The van der Waals surface area contributed by atoms with Gasteiger partial charge in [0.05, 0.1) is 11.0 Å². The molecule has 0 bridgehead atoms. The Bertz CT molecular complexity index is 574. The zero-order valence-corrected chi connectivity index (χ0v) is 12.3. The van der Waals surface area contributed by atoms with Crippen molar-refractivity contribution in [3.8, 4) is 0 Å². The van der Waals surface area contributed by atoms with Gasteiger partial charge in [-0.1, -0.05) is 31.7 Å². The van der Waals surface area contributed by atoms with Gasteiger partial charge in [-0.3, -0.25) is 0 Å². The fourth-order valence-electron chi connectivity index (χ4n) is 3.45. The summed E-state index contributed by atoms with van der Waals surface area (Å²) in [5, 5.41) is 0. The highest BCUT2D eigenvalue weighted by molar-refractivity contribution is 5.77. The Balaban J connectivity index is 2.03. The van der Waals surface area contributed by atoms with Crippen LogP contribution in [0.3, 0.4) is 0 Å². The van der Waals surface area contributed by atoms with E-state index >= 15 is 0 Å². The Morgan fingerprint density at radius 3 is 2.68 bits per heavy atom. The van der Waals surface area contributed by atoms with Gasteiger partial charge in [0.1, 0.15) is 5.82 Å². The number of benzene rings is 1. The topological polar surface area (TPSA) is 17.8 Å². The van der Waals surface area contributed by atoms with Crippen molar-refractivity contribution in [1.82, 2.24) is 9.55 Å². The van der Waals surface area contributed by atoms with E-state index in [1.165, 1.54) is 48.1 Å². The van der Waals surface area contributed by atoms with E-state index < -0.39 is 0 Å². The summed E-state index contributed by atoms with van der Waals surface area (Å²) in [7, 11) is 0. The summed E-state index contributed by atoms with van der Waals surface area (Å²) in [4.78, 5) is 4.92. The predicted molar refractivity (Wildman–Crippen MR) is 80.5 cm³/mol. The fourth-order valence-corrected chi connectivity index (χ4v) is 3.45. The summed E-state index contributed by atoms with van der Waals surface area (Å²) < 4.78 is 2.44. The van der Waals surface area contributed by atoms with E-state index in [9.17, 15) is 0 Å². The second-order valence-electron chi connectivity index (χ2n) is 6.34. The van der Waals surface area contributed by atoms with Gasteiger partial charge in [-0.05, 0) is 44.4 Å². The molecule has 1 aliphatic carbocycles. The van der Waals surface area contributed by atoms with Gasteiger partial charge in [-0.2, -0.15) is 0 Å². The maximum Gasteiger partial charge on any atom is 0.110 e. The molecule has 0 radical (unpaired) electrons. The van der Waals surface area contributed by atoms with E-state index in [1.54, 1.807) is 0 Å². The number of aromatic nitrogens is 2. The van der Waals surface area contributed by atoms with Gasteiger partial charge < -0.3 is 4.57 Å². The molecule has 0 unspecified atom stereocenters. The summed E-state index contributed by atoms with van der Waals surface area (Å²) in [6.07, 6.45) is 6.75. The number of nitrogens with zero attached hydrogens (tertiary/aromatic N) is 2. The lowest BCUT2D eigenvalue weighted by Crippen LogP contribution is -2.10. The molecule has 102 valence electrons. The molecule has 0 saturated heterocycles. The summed E-state index contributed by atoms with van der Waals surface area (Å²) in [6, 6.07) is 7.13. The predicted octanol–water partition coefficient (Wildman–Crippen LogP) is 4.66. The van der Waals surface area contributed by atoms with Crippen LogP contribution in [0.4, 0.5) is 0 Å². The Morgan fingerprint density at radius 1 is 1.26 bits per heavy atom. The Morgan fingerprint density at radius 2 is 2.00 bits per heavy atom. The van der Waals surface area contributed by atoms with Crippen LogP contribution in [0.1, 0.15) is 57.0 Å². The molecule has 0 atom stereocenters. The Labute approximate surface area is 115 Å². The van der Waals surface area contributed by atoms with Crippen molar-refractivity contribution in [2.45, 2.75) is 58.9 Å². The van der Waals surface area contributed by atoms with Crippen molar-refractivity contribution < 1.29 is 0 Å². The van der Waals surface area contributed by atoms with Crippen LogP contribution in [-0.2, 0) is 6.42 Å². The van der Waals surface area contributed by atoms with Gasteiger partial charge in [0.15, 0.2) is 0 Å². The number of aryl methyl sites for hydroxylation is 1. The smallest absolute Gasteiger partial charge is 0.110 e. The van der Waals surface area contributed by atoms with Crippen LogP contribution in [0.2, 0.25) is 0 Å². The molecular weight excluding hydrogens is 232 g/mol.